The van der Waals surface area contributed by atoms with E-state index in [1.54, 1.807) is 0 Å². The maximum atomic E-state index is 12.5. The van der Waals surface area contributed by atoms with Gasteiger partial charge >= 0.3 is 0 Å². The summed E-state index contributed by atoms with van der Waals surface area (Å²) in [6.45, 7) is 10.4. The molecule has 6 heteroatoms. The first-order valence-corrected chi connectivity index (χ1v) is 10.9. The van der Waals surface area contributed by atoms with E-state index in [4.69, 9.17) is 0 Å². The predicted octanol–water partition coefficient (Wildman–Crippen LogP) is 2.30. The Morgan fingerprint density at radius 1 is 1.07 bits per heavy atom. The number of piperidine rings is 1. The van der Waals surface area contributed by atoms with Crippen molar-refractivity contribution in [3.05, 3.63) is 23.9 Å². The Balaban J connectivity index is 1.34. The molecule has 1 aromatic heterocycles. The third-order valence-electron chi connectivity index (χ3n) is 6.32. The van der Waals surface area contributed by atoms with Crippen LogP contribution in [0, 0.1) is 5.92 Å². The van der Waals surface area contributed by atoms with Gasteiger partial charge in [-0.25, -0.2) is 4.98 Å². The molecule has 0 bridgehead atoms. The number of carbonyl (C=O) groups is 1. The SMILES string of the molecule is CCN1CCN(C(=O)CCC2CCN(Cc3ccc(N(C)C)nc3)CC2)CC1. The van der Waals surface area contributed by atoms with Gasteiger partial charge in [-0.3, -0.25) is 9.69 Å². The van der Waals surface area contributed by atoms with Crippen LogP contribution in [0.25, 0.3) is 0 Å². The zero-order valence-corrected chi connectivity index (χ0v) is 17.9. The second kappa shape index (κ2) is 10.2. The summed E-state index contributed by atoms with van der Waals surface area (Å²) in [6, 6.07) is 4.28. The quantitative estimate of drug-likeness (QED) is 0.718. The van der Waals surface area contributed by atoms with Gasteiger partial charge in [-0.15, -0.1) is 0 Å². The van der Waals surface area contributed by atoms with Crippen LogP contribution in [0.5, 0.6) is 0 Å². The van der Waals surface area contributed by atoms with Gasteiger partial charge < -0.3 is 14.7 Å². The molecule has 3 rings (SSSR count). The lowest BCUT2D eigenvalue weighted by molar-refractivity contribution is -0.133. The highest BCUT2D eigenvalue weighted by Crippen LogP contribution is 2.24. The van der Waals surface area contributed by atoms with Crippen LogP contribution in [0.15, 0.2) is 18.3 Å². The highest BCUT2D eigenvalue weighted by atomic mass is 16.2. The smallest absolute Gasteiger partial charge is 0.222 e. The van der Waals surface area contributed by atoms with E-state index in [9.17, 15) is 4.79 Å². The first-order valence-electron chi connectivity index (χ1n) is 10.9. The summed E-state index contributed by atoms with van der Waals surface area (Å²) in [5.74, 6) is 2.07. The monoisotopic (exact) mass is 387 g/mol. The van der Waals surface area contributed by atoms with Gasteiger partial charge in [0.1, 0.15) is 5.82 Å². The molecule has 2 fully saturated rings. The van der Waals surface area contributed by atoms with E-state index < -0.39 is 0 Å². The zero-order chi connectivity index (χ0) is 19.9. The Morgan fingerprint density at radius 2 is 1.79 bits per heavy atom. The lowest BCUT2D eigenvalue weighted by atomic mass is 9.91. The average Bonchev–Trinajstić information content (AvgIpc) is 2.73. The average molecular weight is 388 g/mol. The van der Waals surface area contributed by atoms with Crippen LogP contribution in [0.1, 0.15) is 38.2 Å². The van der Waals surface area contributed by atoms with Gasteiger partial charge in [-0.05, 0) is 56.4 Å². The number of carbonyl (C=O) groups excluding carboxylic acids is 1. The molecule has 6 nitrogen and oxygen atoms in total. The number of likely N-dealkylation sites (tertiary alicyclic amines) is 1. The molecule has 156 valence electrons. The molecule has 2 aliphatic rings. The van der Waals surface area contributed by atoms with Crippen molar-refractivity contribution in [3.8, 4) is 0 Å². The fourth-order valence-corrected chi connectivity index (χ4v) is 4.27. The lowest BCUT2D eigenvalue weighted by Gasteiger charge is -2.35. The maximum absolute atomic E-state index is 12.5. The van der Waals surface area contributed by atoms with Gasteiger partial charge in [0.15, 0.2) is 0 Å². The van der Waals surface area contributed by atoms with Crippen LogP contribution in [-0.2, 0) is 11.3 Å². The molecule has 0 saturated carbocycles. The van der Waals surface area contributed by atoms with Gasteiger partial charge in [0.25, 0.3) is 0 Å². The molecule has 1 amide bonds. The summed E-state index contributed by atoms with van der Waals surface area (Å²) in [5.41, 5.74) is 1.28. The van der Waals surface area contributed by atoms with E-state index in [1.807, 2.05) is 25.2 Å². The topological polar surface area (TPSA) is 42.9 Å². The normalized spacial score (nSPS) is 19.8. The summed E-state index contributed by atoms with van der Waals surface area (Å²) in [7, 11) is 4.03. The van der Waals surface area contributed by atoms with E-state index in [-0.39, 0.29) is 0 Å². The molecule has 2 saturated heterocycles. The van der Waals surface area contributed by atoms with E-state index in [2.05, 4.69) is 38.7 Å². The molecule has 0 radical (unpaired) electrons. The van der Waals surface area contributed by atoms with E-state index in [1.165, 1.54) is 18.4 Å². The third kappa shape index (κ3) is 5.92. The molecule has 2 aliphatic heterocycles. The minimum absolute atomic E-state index is 0.366. The molecular weight excluding hydrogens is 350 g/mol. The number of piperazine rings is 1. The number of rotatable bonds is 7. The van der Waals surface area contributed by atoms with Crippen LogP contribution in [0.4, 0.5) is 5.82 Å². The molecule has 28 heavy (non-hydrogen) atoms. The molecule has 0 N–H and O–H groups in total. The van der Waals surface area contributed by atoms with Crippen LogP contribution < -0.4 is 4.90 Å². The minimum Gasteiger partial charge on any atom is -0.363 e. The van der Waals surface area contributed by atoms with Crippen molar-refractivity contribution in [2.24, 2.45) is 5.92 Å². The van der Waals surface area contributed by atoms with Gasteiger partial charge in [-0.1, -0.05) is 13.0 Å². The van der Waals surface area contributed by atoms with Crippen molar-refractivity contribution in [1.29, 1.82) is 0 Å². The van der Waals surface area contributed by atoms with Crippen molar-refractivity contribution in [3.63, 3.8) is 0 Å². The van der Waals surface area contributed by atoms with Crippen molar-refractivity contribution >= 4 is 11.7 Å². The van der Waals surface area contributed by atoms with Crippen LogP contribution in [-0.4, -0.2) is 85.5 Å². The molecule has 0 spiro atoms. The van der Waals surface area contributed by atoms with Crippen LogP contribution >= 0.6 is 0 Å². The summed E-state index contributed by atoms with van der Waals surface area (Å²) < 4.78 is 0. The second-order valence-electron chi connectivity index (χ2n) is 8.49. The number of likely N-dealkylation sites (N-methyl/N-ethyl adjacent to an activating group) is 1. The highest BCUT2D eigenvalue weighted by molar-refractivity contribution is 5.76. The molecular formula is C22H37N5O. The highest BCUT2D eigenvalue weighted by Gasteiger charge is 2.23. The van der Waals surface area contributed by atoms with Crippen molar-refractivity contribution in [2.75, 3.05) is 64.8 Å². The Morgan fingerprint density at radius 3 is 2.36 bits per heavy atom. The number of anilines is 1. The van der Waals surface area contributed by atoms with E-state index in [0.717, 1.165) is 71.0 Å². The number of nitrogens with zero attached hydrogens (tertiary/aromatic N) is 5. The Kier molecular flexibility index (Phi) is 7.68. The number of amides is 1. The van der Waals surface area contributed by atoms with Crippen molar-refractivity contribution < 1.29 is 4.79 Å². The van der Waals surface area contributed by atoms with Crippen molar-refractivity contribution in [2.45, 2.75) is 39.2 Å². The van der Waals surface area contributed by atoms with E-state index >= 15 is 0 Å². The molecule has 1 aromatic rings. The molecule has 0 atom stereocenters. The van der Waals surface area contributed by atoms with Crippen LogP contribution in [0.2, 0.25) is 0 Å². The minimum atomic E-state index is 0.366. The zero-order valence-electron chi connectivity index (χ0n) is 17.9. The first kappa shape index (κ1) is 21.1. The fourth-order valence-electron chi connectivity index (χ4n) is 4.27. The molecule has 0 aromatic carbocycles. The van der Waals surface area contributed by atoms with Gasteiger partial charge in [0, 0.05) is 59.4 Å². The second-order valence-corrected chi connectivity index (χ2v) is 8.49. The van der Waals surface area contributed by atoms with Crippen molar-refractivity contribution in [1.82, 2.24) is 19.7 Å². The summed E-state index contributed by atoms with van der Waals surface area (Å²) in [6.07, 6.45) is 6.20. The lowest BCUT2D eigenvalue weighted by Crippen LogP contribution is -2.48. The molecule has 0 unspecified atom stereocenters. The summed E-state index contributed by atoms with van der Waals surface area (Å²) >= 11 is 0. The Bertz CT molecular complexity index is 602. The molecule has 0 aliphatic carbocycles. The Hall–Kier alpha value is -1.66. The summed E-state index contributed by atoms with van der Waals surface area (Å²) in [5, 5.41) is 0. The largest absolute Gasteiger partial charge is 0.363 e. The number of hydrogen-bond donors (Lipinski definition) is 0. The van der Waals surface area contributed by atoms with Crippen LogP contribution in [0.3, 0.4) is 0 Å². The van der Waals surface area contributed by atoms with Gasteiger partial charge in [-0.2, -0.15) is 0 Å². The van der Waals surface area contributed by atoms with Gasteiger partial charge in [0.2, 0.25) is 5.91 Å². The molecule has 3 heterocycles. The standard InChI is InChI=1S/C22H37N5O/c1-4-25-13-15-27(16-14-25)22(28)8-6-19-9-11-26(12-10-19)18-20-5-7-21(23-17-20)24(2)3/h5,7,17,19H,4,6,8-16,18H2,1-3H3. The first-order chi connectivity index (χ1) is 13.5. The number of aromatic nitrogens is 1. The summed E-state index contributed by atoms with van der Waals surface area (Å²) in [4.78, 5) is 26.1. The van der Waals surface area contributed by atoms with Gasteiger partial charge in [0.05, 0.1) is 0 Å². The van der Waals surface area contributed by atoms with E-state index in [0.29, 0.717) is 11.8 Å². The third-order valence-corrected chi connectivity index (χ3v) is 6.32. The maximum Gasteiger partial charge on any atom is 0.222 e. The number of pyridine rings is 1. The Labute approximate surface area is 170 Å². The number of hydrogen-bond acceptors (Lipinski definition) is 5. The fraction of sp³-hybridized carbons (Fsp3) is 0.727. The predicted molar refractivity (Wildman–Crippen MR) is 114 cm³/mol.